The van der Waals surface area contributed by atoms with Gasteiger partial charge in [-0.2, -0.15) is 0 Å². The topological polar surface area (TPSA) is 46.2 Å². The maximum Gasteiger partial charge on any atom is 0.152 e. The highest BCUT2D eigenvalue weighted by Crippen LogP contribution is 2.31. The third-order valence-corrected chi connectivity index (χ3v) is 6.06. The predicted molar refractivity (Wildman–Crippen MR) is 75.0 cm³/mol. The smallest absolute Gasteiger partial charge is 0.152 e. The Balaban J connectivity index is 4.57. The molecule has 0 radical (unpaired) electrons. The van der Waals surface area contributed by atoms with Gasteiger partial charge in [-0.25, -0.2) is 8.42 Å². The molecule has 0 aliphatic rings. The fourth-order valence-corrected chi connectivity index (χ4v) is 2.83. The Labute approximate surface area is 107 Å². The fraction of sp³-hybridized carbons (Fsp3) is 1.00. The van der Waals surface area contributed by atoms with E-state index in [1.807, 2.05) is 0 Å². The molecule has 0 aliphatic carbocycles. The van der Waals surface area contributed by atoms with E-state index in [4.69, 9.17) is 0 Å². The summed E-state index contributed by atoms with van der Waals surface area (Å²) in [6, 6.07) is 0. The molecule has 1 atom stereocenters. The zero-order valence-corrected chi connectivity index (χ0v) is 13.0. The molecule has 0 rings (SSSR count). The van der Waals surface area contributed by atoms with Crippen molar-refractivity contribution in [3.05, 3.63) is 0 Å². The Morgan fingerprint density at radius 2 is 1.71 bits per heavy atom. The van der Waals surface area contributed by atoms with Gasteiger partial charge < -0.3 is 5.32 Å². The molecule has 0 fully saturated rings. The van der Waals surface area contributed by atoms with Crippen molar-refractivity contribution in [2.24, 2.45) is 11.3 Å². The largest absolute Gasteiger partial charge is 0.316 e. The summed E-state index contributed by atoms with van der Waals surface area (Å²) in [5.41, 5.74) is 0.0535. The first-order valence-electron chi connectivity index (χ1n) is 6.58. The van der Waals surface area contributed by atoms with Gasteiger partial charge in [-0.15, -0.1) is 0 Å². The van der Waals surface area contributed by atoms with Crippen molar-refractivity contribution in [1.29, 1.82) is 0 Å². The van der Waals surface area contributed by atoms with Gasteiger partial charge in [0.15, 0.2) is 9.84 Å². The minimum absolute atomic E-state index is 0.0535. The van der Waals surface area contributed by atoms with Gasteiger partial charge in [-0.1, -0.05) is 27.7 Å². The van der Waals surface area contributed by atoms with Crippen molar-refractivity contribution in [2.75, 3.05) is 18.8 Å². The van der Waals surface area contributed by atoms with Crippen molar-refractivity contribution in [3.63, 3.8) is 0 Å². The zero-order valence-electron chi connectivity index (χ0n) is 12.2. The predicted octanol–water partition coefficient (Wildman–Crippen LogP) is 2.47. The Kier molecular flexibility index (Phi) is 6.70. The summed E-state index contributed by atoms with van der Waals surface area (Å²) >= 11 is 0. The lowest BCUT2D eigenvalue weighted by Gasteiger charge is -2.34. The van der Waals surface area contributed by atoms with Gasteiger partial charge >= 0.3 is 0 Å². The van der Waals surface area contributed by atoms with Crippen LogP contribution < -0.4 is 5.32 Å². The summed E-state index contributed by atoms with van der Waals surface area (Å²) in [6.45, 7) is 13.9. The van der Waals surface area contributed by atoms with E-state index in [1.165, 1.54) is 0 Å². The molecule has 0 heterocycles. The molecule has 1 N–H and O–H groups in total. The van der Waals surface area contributed by atoms with Crippen LogP contribution in [0.15, 0.2) is 0 Å². The minimum atomic E-state index is -2.92. The summed E-state index contributed by atoms with van der Waals surface area (Å²) in [5.74, 6) is 0.772. The number of sulfone groups is 1. The van der Waals surface area contributed by atoms with E-state index in [-0.39, 0.29) is 10.7 Å². The molecule has 0 aromatic rings. The number of rotatable bonds is 8. The first kappa shape index (κ1) is 16.9. The van der Waals surface area contributed by atoms with Crippen LogP contribution in [-0.4, -0.2) is 32.5 Å². The van der Waals surface area contributed by atoms with Gasteiger partial charge in [0.05, 0.1) is 11.0 Å². The van der Waals surface area contributed by atoms with Gasteiger partial charge in [0, 0.05) is 6.54 Å². The molecular formula is C13H29NO2S. The average Bonchev–Trinajstić information content (AvgIpc) is 2.23. The first-order valence-corrected chi connectivity index (χ1v) is 8.29. The van der Waals surface area contributed by atoms with Crippen LogP contribution in [0.3, 0.4) is 0 Å². The van der Waals surface area contributed by atoms with E-state index in [0.29, 0.717) is 11.7 Å². The van der Waals surface area contributed by atoms with Crippen molar-refractivity contribution in [3.8, 4) is 0 Å². The number of nitrogens with one attached hydrogen (secondary N) is 1. The van der Waals surface area contributed by atoms with Gasteiger partial charge in [0.25, 0.3) is 0 Å². The van der Waals surface area contributed by atoms with Crippen LogP contribution in [-0.2, 0) is 9.84 Å². The lowest BCUT2D eigenvalue weighted by atomic mass is 9.77. The Morgan fingerprint density at radius 1 is 1.18 bits per heavy atom. The summed E-state index contributed by atoms with van der Waals surface area (Å²) in [5, 5.41) is 3.08. The van der Waals surface area contributed by atoms with Crippen molar-refractivity contribution >= 4 is 9.84 Å². The molecule has 0 aromatic heterocycles. The van der Waals surface area contributed by atoms with E-state index in [0.717, 1.165) is 19.5 Å². The van der Waals surface area contributed by atoms with Gasteiger partial charge in [0.2, 0.25) is 0 Å². The molecule has 1 unspecified atom stereocenters. The number of hydrogen-bond donors (Lipinski definition) is 1. The molecule has 4 heteroatoms. The summed E-state index contributed by atoms with van der Waals surface area (Å²) in [6.07, 6.45) is 0.734. The lowest BCUT2D eigenvalue weighted by Crippen LogP contribution is -2.38. The van der Waals surface area contributed by atoms with Crippen LogP contribution in [0.1, 0.15) is 48.0 Å². The Morgan fingerprint density at radius 3 is 2.06 bits per heavy atom. The van der Waals surface area contributed by atoms with Crippen LogP contribution in [0.4, 0.5) is 0 Å². The fourth-order valence-electron chi connectivity index (χ4n) is 1.60. The molecule has 0 saturated carbocycles. The minimum Gasteiger partial charge on any atom is -0.316 e. The number of hydrogen-bond acceptors (Lipinski definition) is 3. The van der Waals surface area contributed by atoms with E-state index in [1.54, 1.807) is 13.8 Å². The normalized spacial score (nSPS) is 16.5. The maximum absolute atomic E-state index is 11.9. The molecule has 104 valence electrons. The standard InChI is InChI=1S/C13H29NO2S/c1-7-14-10-13(6,11(2)3)8-9-17(15,16)12(4)5/h11-12,14H,7-10H2,1-6H3. The van der Waals surface area contributed by atoms with Crippen LogP contribution in [0.2, 0.25) is 0 Å². The van der Waals surface area contributed by atoms with Crippen LogP contribution in [0.5, 0.6) is 0 Å². The summed E-state index contributed by atoms with van der Waals surface area (Å²) in [7, 11) is -2.92. The quantitative estimate of drug-likeness (QED) is 0.732. The average molecular weight is 263 g/mol. The molecule has 3 nitrogen and oxygen atoms in total. The van der Waals surface area contributed by atoms with Crippen LogP contribution in [0.25, 0.3) is 0 Å². The highest BCUT2D eigenvalue weighted by Gasteiger charge is 2.30. The van der Waals surface area contributed by atoms with E-state index >= 15 is 0 Å². The maximum atomic E-state index is 11.9. The van der Waals surface area contributed by atoms with E-state index in [2.05, 4.69) is 33.0 Å². The highest BCUT2D eigenvalue weighted by atomic mass is 32.2. The summed E-state index contributed by atoms with van der Waals surface area (Å²) < 4.78 is 23.7. The van der Waals surface area contributed by atoms with Gasteiger partial charge in [-0.3, -0.25) is 0 Å². The Hall–Kier alpha value is -0.0900. The van der Waals surface area contributed by atoms with Crippen molar-refractivity contribution in [1.82, 2.24) is 5.32 Å². The van der Waals surface area contributed by atoms with Crippen molar-refractivity contribution in [2.45, 2.75) is 53.2 Å². The molecule has 0 amide bonds. The van der Waals surface area contributed by atoms with Crippen molar-refractivity contribution < 1.29 is 8.42 Å². The lowest BCUT2D eigenvalue weighted by molar-refractivity contribution is 0.202. The molecule has 0 aromatic carbocycles. The third-order valence-electron chi connectivity index (χ3n) is 3.85. The second-order valence-electron chi connectivity index (χ2n) is 5.75. The Bertz CT molecular complexity index is 309. The molecule has 0 aliphatic heterocycles. The molecular weight excluding hydrogens is 234 g/mol. The van der Waals surface area contributed by atoms with Gasteiger partial charge in [-0.05, 0) is 38.1 Å². The van der Waals surface area contributed by atoms with Gasteiger partial charge in [0.1, 0.15) is 0 Å². The second-order valence-corrected chi connectivity index (χ2v) is 8.43. The molecule has 0 spiro atoms. The third kappa shape index (κ3) is 5.38. The van der Waals surface area contributed by atoms with E-state index in [9.17, 15) is 8.42 Å². The summed E-state index contributed by atoms with van der Waals surface area (Å²) in [4.78, 5) is 0. The molecule has 0 saturated heterocycles. The molecule has 17 heavy (non-hydrogen) atoms. The monoisotopic (exact) mass is 263 g/mol. The van der Waals surface area contributed by atoms with E-state index < -0.39 is 9.84 Å². The SMILES string of the molecule is CCNCC(C)(CCS(=O)(=O)C(C)C)C(C)C. The molecule has 0 bridgehead atoms. The highest BCUT2D eigenvalue weighted by molar-refractivity contribution is 7.91. The second kappa shape index (κ2) is 6.74. The zero-order chi connectivity index (χ0) is 13.7. The van der Waals surface area contributed by atoms with Crippen LogP contribution >= 0.6 is 0 Å². The van der Waals surface area contributed by atoms with Crippen LogP contribution in [0, 0.1) is 11.3 Å². The first-order chi connectivity index (χ1) is 7.65.